The Labute approximate surface area is 232 Å². The molecule has 0 fully saturated rings. The predicted octanol–water partition coefficient (Wildman–Crippen LogP) is 6.64. The Balaban J connectivity index is 1.30. The number of rotatable bonds is 7. The third-order valence-corrected chi connectivity index (χ3v) is 6.60. The molecule has 8 nitrogen and oxygen atoms in total. The minimum atomic E-state index is -0.265. The van der Waals surface area contributed by atoms with Crippen LogP contribution < -0.4 is 16.0 Å². The summed E-state index contributed by atoms with van der Waals surface area (Å²) in [6.07, 6.45) is 1.70. The minimum absolute atomic E-state index is 0.195. The summed E-state index contributed by atoms with van der Waals surface area (Å²) in [7, 11) is 0. The maximum absolute atomic E-state index is 12.7. The minimum Gasteiger partial charge on any atom is -0.366 e. The predicted molar refractivity (Wildman–Crippen MR) is 154 cm³/mol. The highest BCUT2D eigenvalue weighted by Crippen LogP contribution is 2.30. The highest BCUT2D eigenvalue weighted by Gasteiger charge is 2.13. The number of anilines is 3. The molecule has 0 aliphatic carbocycles. The first-order chi connectivity index (χ1) is 18.4. The number of nitrogens with zero attached hydrogens (tertiary/aromatic N) is 3. The zero-order chi connectivity index (χ0) is 26.6. The van der Waals surface area contributed by atoms with E-state index in [9.17, 15) is 9.59 Å². The maximum Gasteiger partial charge on any atom is 0.255 e. The molecule has 2 heterocycles. The van der Waals surface area contributed by atoms with Crippen LogP contribution in [0.15, 0.2) is 89.5 Å². The Hall–Kier alpha value is -4.21. The number of fused-ring (bicyclic) bond motifs is 1. The Bertz CT molecular complexity index is 1650. The number of hydrogen-bond acceptors (Lipinski definition) is 5. The van der Waals surface area contributed by atoms with Crippen LogP contribution in [0.2, 0.25) is 5.02 Å². The largest absolute Gasteiger partial charge is 0.366 e. The van der Waals surface area contributed by atoms with Crippen LogP contribution in [0.3, 0.4) is 0 Å². The number of aromatic nitrogens is 3. The van der Waals surface area contributed by atoms with Gasteiger partial charge < -0.3 is 16.0 Å². The van der Waals surface area contributed by atoms with Gasteiger partial charge in [-0.25, -0.2) is 4.98 Å². The molecule has 0 saturated carbocycles. The van der Waals surface area contributed by atoms with Gasteiger partial charge >= 0.3 is 0 Å². The monoisotopic (exact) mass is 588 g/mol. The summed E-state index contributed by atoms with van der Waals surface area (Å²) in [5.41, 5.74) is 4.91. The van der Waals surface area contributed by atoms with Gasteiger partial charge in [0.05, 0.1) is 16.4 Å². The maximum atomic E-state index is 12.7. The molecule has 0 saturated heterocycles. The van der Waals surface area contributed by atoms with Gasteiger partial charge in [0.2, 0.25) is 5.91 Å². The van der Waals surface area contributed by atoms with Gasteiger partial charge in [-0.3, -0.25) is 9.59 Å². The van der Waals surface area contributed by atoms with Gasteiger partial charge in [0.1, 0.15) is 5.82 Å². The molecule has 0 aliphatic rings. The van der Waals surface area contributed by atoms with Crippen molar-refractivity contribution in [1.82, 2.24) is 14.6 Å². The van der Waals surface area contributed by atoms with Crippen LogP contribution >= 0.6 is 27.5 Å². The Morgan fingerprint density at radius 1 is 0.947 bits per heavy atom. The fourth-order valence-electron chi connectivity index (χ4n) is 3.91. The van der Waals surface area contributed by atoms with Crippen LogP contribution in [0.1, 0.15) is 22.8 Å². The number of benzene rings is 3. The second-order valence-electron chi connectivity index (χ2n) is 8.50. The normalized spacial score (nSPS) is 10.8. The summed E-state index contributed by atoms with van der Waals surface area (Å²) < 4.78 is 2.51. The molecule has 10 heteroatoms. The van der Waals surface area contributed by atoms with Crippen molar-refractivity contribution in [2.45, 2.75) is 13.5 Å². The summed E-state index contributed by atoms with van der Waals surface area (Å²) in [5, 5.41) is 14.0. The number of hydrogen-bond donors (Lipinski definition) is 3. The first-order valence-corrected chi connectivity index (χ1v) is 12.9. The van der Waals surface area contributed by atoms with Crippen molar-refractivity contribution in [2.24, 2.45) is 0 Å². The fraction of sp³-hybridized carbons (Fsp3) is 0.0714. The van der Waals surface area contributed by atoms with E-state index < -0.39 is 0 Å². The lowest BCUT2D eigenvalue weighted by Crippen LogP contribution is -2.13. The molecule has 2 amide bonds. The van der Waals surface area contributed by atoms with Crippen LogP contribution in [0, 0.1) is 0 Å². The third kappa shape index (κ3) is 5.69. The van der Waals surface area contributed by atoms with Gasteiger partial charge in [0.15, 0.2) is 5.65 Å². The molecule has 38 heavy (non-hydrogen) atoms. The molecule has 5 rings (SSSR count). The molecule has 0 bridgehead atoms. The summed E-state index contributed by atoms with van der Waals surface area (Å²) in [4.78, 5) is 28.7. The molecule has 3 N–H and O–H groups in total. The van der Waals surface area contributed by atoms with Crippen LogP contribution in [-0.4, -0.2) is 26.4 Å². The Morgan fingerprint density at radius 3 is 2.50 bits per heavy atom. The second-order valence-corrected chi connectivity index (χ2v) is 9.76. The van der Waals surface area contributed by atoms with Gasteiger partial charge in [0, 0.05) is 47.1 Å². The Morgan fingerprint density at radius 2 is 1.74 bits per heavy atom. The zero-order valence-corrected chi connectivity index (χ0v) is 22.5. The lowest BCUT2D eigenvalue weighted by atomic mass is 10.1. The molecular formula is C28H22BrClN6O2. The highest BCUT2D eigenvalue weighted by atomic mass is 79.9. The van der Waals surface area contributed by atoms with Crippen molar-refractivity contribution in [3.05, 3.63) is 106 Å². The molecule has 2 aromatic heterocycles. The van der Waals surface area contributed by atoms with E-state index in [1.165, 1.54) is 6.92 Å². The SMILES string of the molecule is CC(=O)Nc1cccc(C(=O)Nc2ccc(CNc3cc(-c4ccccc4Cl)nc4c(Br)cnn34)cc2)c1. The van der Waals surface area contributed by atoms with E-state index in [-0.39, 0.29) is 11.8 Å². The molecule has 3 aromatic carbocycles. The molecule has 0 aliphatic heterocycles. The Kier molecular flexibility index (Phi) is 7.39. The molecule has 0 unspecified atom stereocenters. The molecule has 0 radical (unpaired) electrons. The summed E-state index contributed by atoms with van der Waals surface area (Å²) >= 11 is 9.95. The number of carbonyl (C=O) groups is 2. The highest BCUT2D eigenvalue weighted by molar-refractivity contribution is 9.10. The van der Waals surface area contributed by atoms with Crippen molar-refractivity contribution in [1.29, 1.82) is 0 Å². The van der Waals surface area contributed by atoms with Gasteiger partial charge in [-0.15, -0.1) is 0 Å². The van der Waals surface area contributed by atoms with E-state index in [0.29, 0.717) is 34.2 Å². The van der Waals surface area contributed by atoms with E-state index >= 15 is 0 Å². The lowest BCUT2D eigenvalue weighted by molar-refractivity contribution is -0.114. The van der Waals surface area contributed by atoms with E-state index in [1.54, 1.807) is 35.0 Å². The first kappa shape index (κ1) is 25.4. The molecule has 0 spiro atoms. The van der Waals surface area contributed by atoms with Gasteiger partial charge in [-0.2, -0.15) is 9.61 Å². The van der Waals surface area contributed by atoms with E-state index in [4.69, 9.17) is 16.6 Å². The topological polar surface area (TPSA) is 100 Å². The molecule has 190 valence electrons. The summed E-state index contributed by atoms with van der Waals surface area (Å²) in [6.45, 7) is 1.94. The van der Waals surface area contributed by atoms with E-state index in [1.807, 2.05) is 54.6 Å². The summed E-state index contributed by atoms with van der Waals surface area (Å²) in [5.74, 6) is 0.296. The van der Waals surface area contributed by atoms with Gasteiger partial charge in [-0.1, -0.05) is 48.0 Å². The second kappa shape index (κ2) is 11.0. The smallest absolute Gasteiger partial charge is 0.255 e. The van der Waals surface area contributed by atoms with Gasteiger partial charge in [-0.05, 0) is 57.9 Å². The van der Waals surface area contributed by atoms with Crippen molar-refractivity contribution in [3.8, 4) is 11.3 Å². The number of nitrogens with one attached hydrogen (secondary N) is 3. The van der Waals surface area contributed by atoms with E-state index in [2.05, 4.69) is 37.0 Å². The molecular weight excluding hydrogens is 568 g/mol. The van der Waals surface area contributed by atoms with Crippen LogP contribution in [-0.2, 0) is 11.3 Å². The summed E-state index contributed by atoms with van der Waals surface area (Å²) in [6, 6.07) is 23.8. The van der Waals surface area contributed by atoms with Crippen LogP contribution in [0.25, 0.3) is 16.9 Å². The van der Waals surface area contributed by atoms with E-state index in [0.717, 1.165) is 27.1 Å². The van der Waals surface area contributed by atoms with Crippen molar-refractivity contribution in [3.63, 3.8) is 0 Å². The zero-order valence-electron chi connectivity index (χ0n) is 20.2. The van der Waals surface area contributed by atoms with Crippen molar-refractivity contribution < 1.29 is 9.59 Å². The van der Waals surface area contributed by atoms with Crippen molar-refractivity contribution >= 4 is 62.2 Å². The standard InChI is InChI=1S/C28H22BrClN6O2/c1-17(37)33-21-6-4-5-19(13-21)28(38)34-20-11-9-18(10-12-20)15-31-26-14-25(22-7-2-3-8-24(22)30)35-27-23(29)16-32-36(26)27/h2-14,16,31H,15H2,1H3,(H,33,37)(H,34,38). The number of amides is 2. The number of halogens is 2. The molecule has 0 atom stereocenters. The van der Waals surface area contributed by atoms with Crippen LogP contribution in [0.5, 0.6) is 0 Å². The van der Waals surface area contributed by atoms with Gasteiger partial charge in [0.25, 0.3) is 5.91 Å². The lowest BCUT2D eigenvalue weighted by Gasteiger charge is -2.12. The third-order valence-electron chi connectivity index (χ3n) is 5.71. The number of carbonyl (C=O) groups excluding carboxylic acids is 2. The fourth-order valence-corrected chi connectivity index (χ4v) is 4.49. The van der Waals surface area contributed by atoms with Crippen LogP contribution in [0.4, 0.5) is 17.2 Å². The first-order valence-electron chi connectivity index (χ1n) is 11.7. The average molecular weight is 590 g/mol. The average Bonchev–Trinajstić information content (AvgIpc) is 3.28. The quantitative estimate of drug-likeness (QED) is 0.198. The van der Waals surface area contributed by atoms with Crippen molar-refractivity contribution in [2.75, 3.05) is 16.0 Å². The molecule has 5 aromatic rings.